The predicted octanol–water partition coefficient (Wildman–Crippen LogP) is 3.07. The van der Waals surface area contributed by atoms with Gasteiger partial charge in [0.1, 0.15) is 12.1 Å². The summed E-state index contributed by atoms with van der Waals surface area (Å²) in [6.45, 7) is 1.97. The molecule has 0 spiro atoms. The number of halogens is 1. The van der Waals surface area contributed by atoms with Crippen molar-refractivity contribution in [3.63, 3.8) is 0 Å². The third-order valence-corrected chi connectivity index (χ3v) is 4.35. The fourth-order valence-electron chi connectivity index (χ4n) is 2.50. The zero-order valence-corrected chi connectivity index (χ0v) is 15.8. The molecule has 0 saturated heterocycles. The maximum Gasteiger partial charge on any atom is 0.258 e. The lowest BCUT2D eigenvalue weighted by Gasteiger charge is -2.18. The van der Waals surface area contributed by atoms with Crippen LogP contribution in [0.2, 0.25) is 0 Å². The number of nitrogens with zero attached hydrogens (tertiary/aromatic N) is 4. The number of hydrogen-bond acceptors (Lipinski definition) is 5. The quantitative estimate of drug-likeness (QED) is 0.640. The summed E-state index contributed by atoms with van der Waals surface area (Å²) in [7, 11) is 0. The van der Waals surface area contributed by atoms with Gasteiger partial charge in [0.05, 0.1) is 11.7 Å². The lowest BCUT2D eigenvalue weighted by molar-refractivity contribution is -0.123. The molecule has 3 rings (SSSR count). The Labute approximate surface area is 159 Å². The Morgan fingerprint density at radius 1 is 1.27 bits per heavy atom. The largest absolute Gasteiger partial charge is 0.484 e. The molecule has 0 saturated carbocycles. The molecule has 1 amide bonds. The van der Waals surface area contributed by atoms with E-state index in [1.165, 1.54) is 11.0 Å². The van der Waals surface area contributed by atoms with Gasteiger partial charge in [-0.3, -0.25) is 4.79 Å². The molecular formula is C18H18BrN5O2. The first-order valence-electron chi connectivity index (χ1n) is 8.16. The van der Waals surface area contributed by atoms with E-state index in [4.69, 9.17) is 4.74 Å². The summed E-state index contributed by atoms with van der Waals surface area (Å²) >= 11 is 3.42. The second-order valence-corrected chi connectivity index (χ2v) is 6.54. The molecule has 3 aromatic rings. The van der Waals surface area contributed by atoms with E-state index in [9.17, 15) is 4.79 Å². The van der Waals surface area contributed by atoms with Crippen molar-refractivity contribution in [1.29, 1.82) is 0 Å². The summed E-state index contributed by atoms with van der Waals surface area (Å²) in [6, 6.07) is 15.1. The number of aromatic nitrogens is 4. The molecule has 7 nitrogen and oxygen atoms in total. The molecule has 0 aliphatic heterocycles. The van der Waals surface area contributed by atoms with Gasteiger partial charge in [-0.05, 0) is 46.7 Å². The van der Waals surface area contributed by atoms with Gasteiger partial charge in [0.25, 0.3) is 5.91 Å². The smallest absolute Gasteiger partial charge is 0.258 e. The Hall–Kier alpha value is -2.74. The van der Waals surface area contributed by atoms with E-state index in [0.29, 0.717) is 5.75 Å². The number of rotatable bonds is 7. The van der Waals surface area contributed by atoms with Crippen molar-refractivity contribution in [1.82, 2.24) is 25.5 Å². The number of tetrazole rings is 1. The highest BCUT2D eigenvalue weighted by atomic mass is 79.9. The zero-order chi connectivity index (χ0) is 18.4. The average molecular weight is 416 g/mol. The Balaban J connectivity index is 1.58. The SMILES string of the molecule is CC[C@@H](NC(=O)COc1cccc(-n2cnnn2)c1)c1ccc(Br)cc1. The molecule has 0 radical (unpaired) electrons. The van der Waals surface area contributed by atoms with Crippen molar-refractivity contribution in [2.75, 3.05) is 6.61 Å². The third-order valence-electron chi connectivity index (χ3n) is 3.82. The molecule has 26 heavy (non-hydrogen) atoms. The molecule has 1 N–H and O–H groups in total. The van der Waals surface area contributed by atoms with E-state index in [1.54, 1.807) is 12.1 Å². The van der Waals surface area contributed by atoms with Gasteiger partial charge < -0.3 is 10.1 Å². The topological polar surface area (TPSA) is 81.9 Å². The van der Waals surface area contributed by atoms with Crippen molar-refractivity contribution in [2.24, 2.45) is 0 Å². The molecule has 1 aromatic heterocycles. The normalized spacial score (nSPS) is 11.8. The number of carbonyl (C=O) groups excluding carboxylic acids is 1. The number of benzene rings is 2. The standard InChI is InChI=1S/C18H18BrN5O2/c1-2-17(13-6-8-14(19)9-7-13)21-18(25)11-26-16-5-3-4-15(10-16)24-12-20-22-23-24/h3-10,12,17H,2,11H2,1H3,(H,21,25)/t17-/m1/s1. The fourth-order valence-corrected chi connectivity index (χ4v) is 2.76. The van der Waals surface area contributed by atoms with E-state index in [-0.39, 0.29) is 18.6 Å². The summed E-state index contributed by atoms with van der Waals surface area (Å²) in [6.07, 6.45) is 2.29. The number of ether oxygens (including phenoxy) is 1. The molecular weight excluding hydrogens is 398 g/mol. The van der Waals surface area contributed by atoms with Crippen LogP contribution in [0.1, 0.15) is 24.9 Å². The van der Waals surface area contributed by atoms with Crippen molar-refractivity contribution >= 4 is 21.8 Å². The summed E-state index contributed by atoms with van der Waals surface area (Å²) in [4.78, 5) is 12.3. The molecule has 0 aliphatic carbocycles. The number of hydrogen-bond donors (Lipinski definition) is 1. The molecule has 2 aromatic carbocycles. The Morgan fingerprint density at radius 2 is 2.08 bits per heavy atom. The first kappa shape index (κ1) is 18.1. The highest BCUT2D eigenvalue weighted by Gasteiger charge is 2.13. The van der Waals surface area contributed by atoms with E-state index < -0.39 is 0 Å². The minimum Gasteiger partial charge on any atom is -0.484 e. The molecule has 0 bridgehead atoms. The monoisotopic (exact) mass is 415 g/mol. The van der Waals surface area contributed by atoms with Gasteiger partial charge in [0.2, 0.25) is 0 Å². The first-order valence-corrected chi connectivity index (χ1v) is 8.96. The van der Waals surface area contributed by atoms with E-state index >= 15 is 0 Å². The molecule has 0 fully saturated rings. The number of nitrogens with one attached hydrogen (secondary N) is 1. The lowest BCUT2D eigenvalue weighted by Crippen LogP contribution is -2.32. The van der Waals surface area contributed by atoms with Crippen molar-refractivity contribution in [3.05, 3.63) is 64.9 Å². The van der Waals surface area contributed by atoms with Crippen molar-refractivity contribution < 1.29 is 9.53 Å². The second-order valence-electron chi connectivity index (χ2n) is 5.62. The summed E-state index contributed by atoms with van der Waals surface area (Å²) < 4.78 is 8.13. The van der Waals surface area contributed by atoms with Crippen molar-refractivity contribution in [2.45, 2.75) is 19.4 Å². The molecule has 0 aliphatic rings. The molecule has 1 atom stereocenters. The Kier molecular flexibility index (Phi) is 5.96. The van der Waals surface area contributed by atoms with Crippen LogP contribution in [0.3, 0.4) is 0 Å². The zero-order valence-electron chi connectivity index (χ0n) is 14.2. The van der Waals surface area contributed by atoms with Gasteiger partial charge in [-0.2, -0.15) is 0 Å². The predicted molar refractivity (Wildman–Crippen MR) is 100.0 cm³/mol. The van der Waals surface area contributed by atoms with Gasteiger partial charge in [0.15, 0.2) is 6.61 Å². The van der Waals surface area contributed by atoms with Gasteiger partial charge in [-0.15, -0.1) is 5.10 Å². The summed E-state index contributed by atoms with van der Waals surface area (Å²) in [5.74, 6) is 0.400. The lowest BCUT2D eigenvalue weighted by atomic mass is 10.0. The molecule has 8 heteroatoms. The van der Waals surface area contributed by atoms with Crippen LogP contribution in [0.4, 0.5) is 0 Å². The van der Waals surface area contributed by atoms with Crippen LogP contribution in [-0.2, 0) is 4.79 Å². The van der Waals surface area contributed by atoms with Crippen LogP contribution in [0, 0.1) is 0 Å². The van der Waals surface area contributed by atoms with Gasteiger partial charge in [-0.25, -0.2) is 4.68 Å². The number of amides is 1. The third kappa shape index (κ3) is 4.66. The minimum atomic E-state index is -0.174. The molecule has 1 heterocycles. The van der Waals surface area contributed by atoms with Crippen LogP contribution in [0.5, 0.6) is 5.75 Å². The van der Waals surface area contributed by atoms with Crippen LogP contribution < -0.4 is 10.1 Å². The first-order chi connectivity index (χ1) is 12.7. The maximum absolute atomic E-state index is 12.3. The fraction of sp³-hybridized carbons (Fsp3) is 0.222. The van der Waals surface area contributed by atoms with Crippen LogP contribution in [0.15, 0.2) is 59.3 Å². The van der Waals surface area contributed by atoms with Gasteiger partial charge in [0, 0.05) is 10.5 Å². The highest BCUT2D eigenvalue weighted by molar-refractivity contribution is 9.10. The summed E-state index contributed by atoms with van der Waals surface area (Å²) in [5, 5.41) is 14.0. The van der Waals surface area contributed by atoms with Crippen molar-refractivity contribution in [3.8, 4) is 11.4 Å². The minimum absolute atomic E-state index is 0.0493. The van der Waals surface area contributed by atoms with Gasteiger partial charge in [-0.1, -0.05) is 41.1 Å². The highest BCUT2D eigenvalue weighted by Crippen LogP contribution is 2.20. The maximum atomic E-state index is 12.3. The van der Waals surface area contributed by atoms with E-state index in [2.05, 4.69) is 36.8 Å². The van der Waals surface area contributed by atoms with Crippen LogP contribution in [-0.4, -0.2) is 32.7 Å². The average Bonchev–Trinajstić information content (AvgIpc) is 3.20. The summed E-state index contributed by atoms with van der Waals surface area (Å²) in [5.41, 5.74) is 1.82. The van der Waals surface area contributed by atoms with E-state index in [1.807, 2.05) is 43.3 Å². The van der Waals surface area contributed by atoms with Gasteiger partial charge >= 0.3 is 0 Å². The van der Waals surface area contributed by atoms with E-state index in [0.717, 1.165) is 22.1 Å². The second kappa shape index (κ2) is 8.57. The molecule has 134 valence electrons. The van der Waals surface area contributed by atoms with Crippen LogP contribution in [0.25, 0.3) is 5.69 Å². The Bertz CT molecular complexity index is 852. The van der Waals surface area contributed by atoms with Crippen LogP contribution >= 0.6 is 15.9 Å². The number of carbonyl (C=O) groups is 1. The Morgan fingerprint density at radius 3 is 2.77 bits per heavy atom. The molecule has 0 unspecified atom stereocenters.